The van der Waals surface area contributed by atoms with Crippen LogP contribution in [0.4, 0.5) is 17.1 Å². The summed E-state index contributed by atoms with van der Waals surface area (Å²) in [5, 5.41) is 11.2. The molecule has 0 radical (unpaired) electrons. The van der Waals surface area contributed by atoms with E-state index in [1.54, 1.807) is 0 Å². The van der Waals surface area contributed by atoms with Crippen LogP contribution < -0.4 is 4.90 Å². The minimum Gasteiger partial charge on any atom is -0.506 e. The molecule has 3 aromatic rings. The fourth-order valence-corrected chi connectivity index (χ4v) is 6.79. The average molecular weight is 628 g/mol. The number of ketones is 1. The molecule has 3 aromatic carbocycles. The van der Waals surface area contributed by atoms with E-state index in [2.05, 4.69) is 126 Å². The molecule has 1 N–H and O–H groups in total. The van der Waals surface area contributed by atoms with Crippen LogP contribution in [0, 0.1) is 46.5 Å². The largest absolute Gasteiger partial charge is 0.506 e. The van der Waals surface area contributed by atoms with Gasteiger partial charge < -0.3 is 10.0 Å². The number of carbonyl (C=O) groups is 1. The first-order valence-electron chi connectivity index (χ1n) is 17.1. The van der Waals surface area contributed by atoms with E-state index in [1.807, 2.05) is 24.3 Å². The number of anilines is 2. The van der Waals surface area contributed by atoms with Crippen molar-refractivity contribution in [1.82, 2.24) is 0 Å². The number of benzene rings is 3. The molecule has 0 saturated carbocycles. The van der Waals surface area contributed by atoms with E-state index in [-0.39, 0.29) is 11.5 Å². The van der Waals surface area contributed by atoms with Crippen LogP contribution >= 0.6 is 0 Å². The van der Waals surface area contributed by atoms with E-state index in [0.717, 1.165) is 48.5 Å². The zero-order valence-electron chi connectivity index (χ0n) is 29.7. The lowest BCUT2D eigenvalue weighted by atomic mass is 9.80. The van der Waals surface area contributed by atoms with Crippen LogP contribution in [0.25, 0.3) is 5.57 Å². The van der Waals surface area contributed by atoms with Gasteiger partial charge in [-0.2, -0.15) is 4.58 Å². The molecule has 0 fully saturated rings. The van der Waals surface area contributed by atoms with E-state index in [0.29, 0.717) is 23.0 Å². The summed E-state index contributed by atoms with van der Waals surface area (Å²) in [6.45, 7) is 21.6. The second-order valence-electron chi connectivity index (χ2n) is 14.2. The number of rotatable bonds is 10. The van der Waals surface area contributed by atoms with Crippen molar-refractivity contribution in [3.05, 3.63) is 129 Å². The van der Waals surface area contributed by atoms with Crippen LogP contribution in [0.2, 0.25) is 0 Å². The van der Waals surface area contributed by atoms with Crippen molar-refractivity contribution in [3.8, 4) is 0 Å². The highest BCUT2D eigenvalue weighted by atomic mass is 16.3. The molecule has 0 bridgehead atoms. The Labute approximate surface area is 282 Å². The van der Waals surface area contributed by atoms with Crippen LogP contribution in [-0.2, 0) is 4.79 Å². The molecule has 0 atom stereocenters. The maximum absolute atomic E-state index is 13.5. The Bertz CT molecular complexity index is 1800. The normalized spacial score (nSPS) is 14.5. The first kappa shape index (κ1) is 33.9. The van der Waals surface area contributed by atoms with E-state index in [4.69, 9.17) is 0 Å². The second kappa shape index (κ2) is 14.1. The first-order chi connectivity index (χ1) is 22.3. The number of aliphatic hydroxyl groups excluding tert-OH is 1. The first-order valence-corrected chi connectivity index (χ1v) is 17.1. The number of nitrogens with zero attached hydrogens (tertiary/aromatic N) is 2. The van der Waals surface area contributed by atoms with Gasteiger partial charge in [-0.25, -0.2) is 0 Å². The van der Waals surface area contributed by atoms with Crippen LogP contribution in [0.1, 0.15) is 73.9 Å². The molecule has 0 unspecified atom stereocenters. The Hall–Kier alpha value is -4.44. The van der Waals surface area contributed by atoms with E-state index in [1.165, 1.54) is 39.2 Å². The van der Waals surface area contributed by atoms with Gasteiger partial charge in [0.1, 0.15) is 12.3 Å². The third-order valence-corrected chi connectivity index (χ3v) is 9.27. The van der Waals surface area contributed by atoms with Crippen molar-refractivity contribution in [2.45, 2.75) is 75.2 Å². The summed E-state index contributed by atoms with van der Waals surface area (Å²) in [6.07, 6.45) is 10.2. The lowest BCUT2D eigenvalue weighted by Gasteiger charge is -2.28. The number of hydrogen-bond donors (Lipinski definition) is 1. The summed E-state index contributed by atoms with van der Waals surface area (Å²) in [5.74, 6) is 1.12. The highest BCUT2D eigenvalue weighted by molar-refractivity contribution is 6.39. The standard InChI is InChI=1S/C43H50N2O2/c1-27(2)20-22-44(38-19-10-29(5)24-31(38)7)36-15-11-34(12-16-36)39-42(46)40(43(39)47)35-13-17-37(18-14-35)45(23-21-28(3)4)41-32(8)25-30(6)26-33(41)9/h10-19,24-28H,20-23H2,1-9H3/p+1. The maximum Gasteiger partial charge on any atom is 0.211 e. The Morgan fingerprint density at radius 1 is 0.702 bits per heavy atom. The summed E-state index contributed by atoms with van der Waals surface area (Å²) in [6, 6.07) is 19.1. The third-order valence-electron chi connectivity index (χ3n) is 9.27. The van der Waals surface area contributed by atoms with Crippen LogP contribution in [-0.4, -0.2) is 34.3 Å². The summed E-state index contributed by atoms with van der Waals surface area (Å²) < 4.78 is 2.40. The summed E-state index contributed by atoms with van der Waals surface area (Å²) >= 11 is 0. The fraction of sp³-hybridized carbons (Fsp3) is 0.349. The molecule has 2 aliphatic rings. The van der Waals surface area contributed by atoms with Gasteiger partial charge in [0.05, 0.1) is 11.1 Å². The molecule has 5 rings (SSSR count). The molecule has 0 aliphatic heterocycles. The molecule has 244 valence electrons. The third kappa shape index (κ3) is 7.27. The molecule has 2 aliphatic carbocycles. The van der Waals surface area contributed by atoms with Crippen molar-refractivity contribution >= 4 is 34.1 Å². The predicted molar refractivity (Wildman–Crippen MR) is 199 cm³/mol. The fourth-order valence-electron chi connectivity index (χ4n) is 6.79. The zero-order valence-corrected chi connectivity index (χ0v) is 29.7. The van der Waals surface area contributed by atoms with Crippen molar-refractivity contribution in [1.29, 1.82) is 0 Å². The molecule has 0 heterocycles. The minimum atomic E-state index is -0.115. The van der Waals surface area contributed by atoms with E-state index in [9.17, 15) is 9.90 Å². The Kier molecular flexibility index (Phi) is 10.2. The van der Waals surface area contributed by atoms with Crippen molar-refractivity contribution in [2.75, 3.05) is 18.0 Å². The SMILES string of the molecule is Cc1ccc(N(CCC(C)C)c2ccc(C3=C(O)C(=C4C=CC(=[N+](CCC(C)C)c5c(C)cc(C)cc5C)C=C4)C3=O)cc2)c(C)c1. The molecule has 0 spiro atoms. The minimum absolute atomic E-state index is 0.0726. The molecule has 4 nitrogen and oxygen atoms in total. The van der Waals surface area contributed by atoms with Crippen molar-refractivity contribution in [3.63, 3.8) is 0 Å². The number of allylic oxidation sites excluding steroid dienone is 7. The van der Waals surface area contributed by atoms with Gasteiger partial charge in [-0.15, -0.1) is 0 Å². The van der Waals surface area contributed by atoms with Crippen LogP contribution in [0.3, 0.4) is 0 Å². The smallest absolute Gasteiger partial charge is 0.211 e. The van der Waals surface area contributed by atoms with E-state index >= 15 is 0 Å². The highest BCUT2D eigenvalue weighted by Crippen LogP contribution is 2.40. The number of aryl methyl sites for hydroxylation is 5. The molecule has 4 heteroatoms. The van der Waals surface area contributed by atoms with Gasteiger partial charge in [-0.1, -0.05) is 63.1 Å². The van der Waals surface area contributed by atoms with Crippen molar-refractivity contribution in [2.24, 2.45) is 11.8 Å². The van der Waals surface area contributed by atoms with Gasteiger partial charge in [-0.05, 0) is 112 Å². The number of aliphatic hydroxyl groups is 1. The summed E-state index contributed by atoms with van der Waals surface area (Å²) in [5.41, 5.74) is 13.1. The van der Waals surface area contributed by atoms with Gasteiger partial charge >= 0.3 is 0 Å². The Balaban J connectivity index is 1.44. The molecule has 0 amide bonds. The van der Waals surface area contributed by atoms with E-state index < -0.39 is 0 Å². The monoisotopic (exact) mass is 627 g/mol. The molecule has 0 aromatic heterocycles. The van der Waals surface area contributed by atoms with Gasteiger partial charge in [0.2, 0.25) is 17.2 Å². The van der Waals surface area contributed by atoms with Crippen molar-refractivity contribution < 1.29 is 14.5 Å². The lowest BCUT2D eigenvalue weighted by molar-refractivity contribution is -0.441. The zero-order chi connectivity index (χ0) is 34.0. The summed E-state index contributed by atoms with van der Waals surface area (Å²) in [4.78, 5) is 15.9. The Morgan fingerprint density at radius 2 is 1.30 bits per heavy atom. The van der Waals surface area contributed by atoms with Crippen LogP contribution in [0.15, 0.2) is 95.8 Å². The molecule has 47 heavy (non-hydrogen) atoms. The predicted octanol–water partition coefficient (Wildman–Crippen LogP) is 10.5. The number of Topliss-reactive ketones (excluding diaryl/α,β-unsaturated/α-hetero) is 1. The Morgan fingerprint density at radius 3 is 1.85 bits per heavy atom. The quantitative estimate of drug-likeness (QED) is 0.180. The van der Waals surface area contributed by atoms with Gasteiger partial charge in [-0.3, -0.25) is 4.79 Å². The van der Waals surface area contributed by atoms with Crippen LogP contribution in [0.5, 0.6) is 0 Å². The maximum atomic E-state index is 13.5. The second-order valence-corrected chi connectivity index (χ2v) is 14.2. The van der Waals surface area contributed by atoms with Gasteiger partial charge in [0, 0.05) is 47.6 Å². The molecular formula is C43H51N2O2+. The average Bonchev–Trinajstić information content (AvgIpc) is 3.00. The molecular weight excluding hydrogens is 576 g/mol. The lowest BCUT2D eigenvalue weighted by Crippen LogP contribution is -2.24. The van der Waals surface area contributed by atoms with Gasteiger partial charge in [0.25, 0.3) is 0 Å². The number of hydrogen-bond acceptors (Lipinski definition) is 3. The topological polar surface area (TPSA) is 43.5 Å². The van der Waals surface area contributed by atoms with Gasteiger partial charge in [0.15, 0.2) is 0 Å². The summed E-state index contributed by atoms with van der Waals surface area (Å²) in [7, 11) is 0. The molecule has 0 saturated heterocycles. The number of carbonyl (C=O) groups excluding carboxylic acids is 1. The highest BCUT2D eigenvalue weighted by Gasteiger charge is 2.37.